The van der Waals surface area contributed by atoms with Crippen LogP contribution in [0.1, 0.15) is 29.3 Å². The van der Waals surface area contributed by atoms with Crippen LogP contribution in [0.2, 0.25) is 5.02 Å². The molecule has 0 bridgehead atoms. The Balaban J connectivity index is 1.88. The molecule has 0 saturated carbocycles. The monoisotopic (exact) mass is 463 g/mol. The maximum Gasteiger partial charge on any atom is 0.251 e. The molecule has 7 heteroatoms. The van der Waals surface area contributed by atoms with Crippen LogP contribution in [0.5, 0.6) is 0 Å². The summed E-state index contributed by atoms with van der Waals surface area (Å²) in [5.74, 6) is -0.106. The molecule has 3 rings (SSSR count). The van der Waals surface area contributed by atoms with E-state index in [-0.39, 0.29) is 5.91 Å². The number of rotatable bonds is 10. The number of likely N-dealkylation sites (N-methyl/N-ethyl adjacent to an activating group) is 1. The molecule has 0 aliphatic carbocycles. The van der Waals surface area contributed by atoms with E-state index in [0.29, 0.717) is 23.7 Å². The summed E-state index contributed by atoms with van der Waals surface area (Å²) >= 11 is 6.11. The van der Waals surface area contributed by atoms with Gasteiger partial charge >= 0.3 is 0 Å². The van der Waals surface area contributed by atoms with E-state index in [1.54, 1.807) is 6.20 Å². The highest BCUT2D eigenvalue weighted by Gasteiger charge is 2.13. The molecule has 0 aliphatic rings. The lowest BCUT2D eigenvalue weighted by Crippen LogP contribution is -2.31. The smallest absolute Gasteiger partial charge is 0.251 e. The number of amides is 1. The number of nitrogens with one attached hydrogen (secondary N) is 2. The zero-order chi connectivity index (χ0) is 23.6. The lowest BCUT2D eigenvalue weighted by Gasteiger charge is -2.15. The number of hydrogen-bond acceptors (Lipinski definition) is 5. The number of nitrogens with zero attached hydrogens (tertiary/aromatic N) is 3. The van der Waals surface area contributed by atoms with Crippen LogP contribution in [0.3, 0.4) is 0 Å². The summed E-state index contributed by atoms with van der Waals surface area (Å²) in [6, 6.07) is 15.3. The van der Waals surface area contributed by atoms with Gasteiger partial charge in [-0.1, -0.05) is 30.7 Å². The SMILES string of the molecule is CCC=Nc1cc(C(=O)NCCN(C)C)ccc1-c1cnccc1CNc1cccc(Cl)c1. The first kappa shape index (κ1) is 24.4. The zero-order valence-electron chi connectivity index (χ0n) is 19.3. The van der Waals surface area contributed by atoms with Gasteiger partial charge in [0.15, 0.2) is 0 Å². The fourth-order valence-corrected chi connectivity index (χ4v) is 3.50. The van der Waals surface area contributed by atoms with Crippen LogP contribution in [0, 0.1) is 0 Å². The van der Waals surface area contributed by atoms with Crippen LogP contribution in [-0.4, -0.2) is 49.2 Å². The van der Waals surface area contributed by atoms with Crippen LogP contribution in [0.4, 0.5) is 11.4 Å². The lowest BCUT2D eigenvalue weighted by molar-refractivity contribution is 0.0951. The van der Waals surface area contributed by atoms with Gasteiger partial charge in [0.1, 0.15) is 0 Å². The number of benzene rings is 2. The molecule has 1 aromatic heterocycles. The molecule has 2 N–H and O–H groups in total. The van der Waals surface area contributed by atoms with Gasteiger partial charge in [-0.25, -0.2) is 0 Å². The Hall–Kier alpha value is -3.22. The Labute approximate surface area is 200 Å². The maximum absolute atomic E-state index is 12.6. The molecular weight excluding hydrogens is 434 g/mol. The van der Waals surface area contributed by atoms with Crippen molar-refractivity contribution in [1.82, 2.24) is 15.2 Å². The Morgan fingerprint density at radius 1 is 1.15 bits per heavy atom. The van der Waals surface area contributed by atoms with E-state index in [1.807, 2.05) is 86.9 Å². The molecule has 0 radical (unpaired) electrons. The van der Waals surface area contributed by atoms with Gasteiger partial charge in [-0.3, -0.25) is 14.8 Å². The first-order chi connectivity index (χ1) is 16.0. The minimum Gasteiger partial charge on any atom is -0.381 e. The number of halogens is 1. The van der Waals surface area contributed by atoms with Crippen molar-refractivity contribution in [3.63, 3.8) is 0 Å². The molecule has 1 heterocycles. The largest absolute Gasteiger partial charge is 0.381 e. The third-order valence-electron chi connectivity index (χ3n) is 5.03. The van der Waals surface area contributed by atoms with Crippen molar-refractivity contribution in [2.45, 2.75) is 19.9 Å². The first-order valence-electron chi connectivity index (χ1n) is 11.0. The summed E-state index contributed by atoms with van der Waals surface area (Å²) in [5.41, 5.74) is 5.24. The predicted molar refractivity (Wildman–Crippen MR) is 138 cm³/mol. The number of aromatic nitrogens is 1. The maximum atomic E-state index is 12.6. The van der Waals surface area contributed by atoms with Gasteiger partial charge in [0.05, 0.1) is 5.69 Å². The molecule has 172 valence electrons. The van der Waals surface area contributed by atoms with E-state index in [4.69, 9.17) is 11.6 Å². The van der Waals surface area contributed by atoms with Crippen molar-refractivity contribution in [3.8, 4) is 11.1 Å². The van der Waals surface area contributed by atoms with E-state index in [0.717, 1.165) is 41.0 Å². The summed E-state index contributed by atoms with van der Waals surface area (Å²) in [5, 5.41) is 7.07. The number of anilines is 1. The van der Waals surface area contributed by atoms with E-state index in [2.05, 4.69) is 20.6 Å². The standard InChI is InChI=1S/C26H30ClN5O/c1-4-11-29-25-15-19(26(33)30-13-14-32(2)3)8-9-23(25)24-18-28-12-10-20(24)17-31-22-7-5-6-21(27)16-22/h5-12,15-16,18,31H,4,13-14,17H2,1-3H3,(H,30,33). The van der Waals surface area contributed by atoms with Crippen molar-refractivity contribution >= 4 is 35.1 Å². The van der Waals surface area contributed by atoms with Gasteiger partial charge in [0.25, 0.3) is 5.91 Å². The van der Waals surface area contributed by atoms with Crippen LogP contribution in [0.15, 0.2) is 65.9 Å². The second kappa shape index (κ2) is 12.1. The number of hydrogen-bond donors (Lipinski definition) is 2. The fraction of sp³-hybridized carbons (Fsp3) is 0.269. The normalized spacial score (nSPS) is 11.2. The van der Waals surface area contributed by atoms with Crippen LogP contribution in [-0.2, 0) is 6.54 Å². The van der Waals surface area contributed by atoms with Gasteiger partial charge in [0, 0.05) is 65.6 Å². The average molecular weight is 464 g/mol. The summed E-state index contributed by atoms with van der Waals surface area (Å²) in [6.45, 7) is 4.00. The second-order valence-corrected chi connectivity index (χ2v) is 8.34. The van der Waals surface area contributed by atoms with Gasteiger partial charge in [-0.05, 0) is 62.5 Å². The zero-order valence-corrected chi connectivity index (χ0v) is 20.1. The molecule has 0 aliphatic heterocycles. The topological polar surface area (TPSA) is 69.6 Å². The average Bonchev–Trinajstić information content (AvgIpc) is 2.81. The Morgan fingerprint density at radius 3 is 2.76 bits per heavy atom. The summed E-state index contributed by atoms with van der Waals surface area (Å²) < 4.78 is 0. The third-order valence-corrected chi connectivity index (χ3v) is 5.26. The predicted octanol–water partition coefficient (Wildman–Crippen LogP) is 5.42. The molecular formula is C26H30ClN5O. The Morgan fingerprint density at radius 2 is 2.00 bits per heavy atom. The quantitative estimate of drug-likeness (QED) is 0.394. The number of aliphatic imine (C=N–C) groups is 1. The number of carbonyl (C=O) groups excluding carboxylic acids is 1. The van der Waals surface area contributed by atoms with Crippen molar-refractivity contribution in [2.75, 3.05) is 32.5 Å². The fourth-order valence-electron chi connectivity index (χ4n) is 3.31. The second-order valence-electron chi connectivity index (χ2n) is 7.91. The van der Waals surface area contributed by atoms with Crippen LogP contribution in [0.25, 0.3) is 11.1 Å². The van der Waals surface area contributed by atoms with E-state index in [9.17, 15) is 4.79 Å². The lowest BCUT2D eigenvalue weighted by atomic mass is 9.98. The summed E-state index contributed by atoms with van der Waals surface area (Å²) in [6.07, 6.45) is 6.27. The molecule has 0 fully saturated rings. The summed E-state index contributed by atoms with van der Waals surface area (Å²) in [4.78, 5) is 23.7. The van der Waals surface area contributed by atoms with Crippen LogP contribution >= 0.6 is 11.6 Å². The molecule has 0 atom stereocenters. The van der Waals surface area contributed by atoms with E-state index in [1.165, 1.54) is 0 Å². The third kappa shape index (κ3) is 7.14. The van der Waals surface area contributed by atoms with Gasteiger partial charge in [-0.15, -0.1) is 0 Å². The first-order valence-corrected chi connectivity index (χ1v) is 11.4. The van der Waals surface area contributed by atoms with Gasteiger partial charge in [-0.2, -0.15) is 0 Å². The summed E-state index contributed by atoms with van der Waals surface area (Å²) in [7, 11) is 3.95. The van der Waals surface area contributed by atoms with E-state index < -0.39 is 0 Å². The molecule has 0 spiro atoms. The van der Waals surface area contributed by atoms with E-state index >= 15 is 0 Å². The molecule has 0 saturated heterocycles. The number of pyridine rings is 1. The Kier molecular flexibility index (Phi) is 8.98. The van der Waals surface area contributed by atoms with Crippen LogP contribution < -0.4 is 10.6 Å². The van der Waals surface area contributed by atoms with Crippen molar-refractivity contribution in [3.05, 3.63) is 77.1 Å². The minimum absolute atomic E-state index is 0.106. The highest BCUT2D eigenvalue weighted by Crippen LogP contribution is 2.33. The highest BCUT2D eigenvalue weighted by molar-refractivity contribution is 6.30. The molecule has 1 amide bonds. The molecule has 2 aromatic carbocycles. The minimum atomic E-state index is -0.106. The number of carbonyl (C=O) groups is 1. The highest BCUT2D eigenvalue weighted by atomic mass is 35.5. The molecule has 33 heavy (non-hydrogen) atoms. The Bertz CT molecular complexity index is 1110. The molecule has 0 unspecified atom stereocenters. The van der Waals surface area contributed by atoms with Crippen molar-refractivity contribution < 1.29 is 4.79 Å². The van der Waals surface area contributed by atoms with Gasteiger partial charge < -0.3 is 15.5 Å². The molecule has 3 aromatic rings. The molecule has 6 nitrogen and oxygen atoms in total. The van der Waals surface area contributed by atoms with Crippen molar-refractivity contribution in [1.29, 1.82) is 0 Å². The van der Waals surface area contributed by atoms with Crippen molar-refractivity contribution in [2.24, 2.45) is 4.99 Å². The van der Waals surface area contributed by atoms with Gasteiger partial charge in [0.2, 0.25) is 0 Å².